The van der Waals surface area contributed by atoms with E-state index in [0.717, 1.165) is 5.56 Å². The van der Waals surface area contributed by atoms with Crippen molar-refractivity contribution in [1.82, 2.24) is 0 Å². The van der Waals surface area contributed by atoms with E-state index in [2.05, 4.69) is 4.74 Å². The van der Waals surface area contributed by atoms with Crippen LogP contribution in [0.15, 0.2) is 24.3 Å². The number of esters is 1. The second-order valence-corrected chi connectivity index (χ2v) is 2.98. The summed E-state index contributed by atoms with van der Waals surface area (Å²) in [5.74, 6) is 0.0421. The molecule has 0 atom stereocenters. The Morgan fingerprint density at radius 2 is 2.06 bits per heavy atom. The zero-order valence-corrected chi connectivity index (χ0v) is 9.10. The second kappa shape index (κ2) is 5.70. The first kappa shape index (κ1) is 12.0. The number of benzene rings is 1. The first-order valence-electron chi connectivity index (χ1n) is 4.60. The van der Waals surface area contributed by atoms with E-state index in [-0.39, 0.29) is 0 Å². The highest BCUT2D eigenvalue weighted by Gasteiger charge is 2.01. The van der Waals surface area contributed by atoms with E-state index in [4.69, 9.17) is 4.74 Å². The van der Waals surface area contributed by atoms with Gasteiger partial charge in [-0.05, 0) is 23.8 Å². The number of ether oxygens (including phenoxy) is 2. The van der Waals surface area contributed by atoms with E-state index in [1.807, 2.05) is 0 Å². The van der Waals surface area contributed by atoms with Gasteiger partial charge in [0.2, 0.25) is 0 Å². The number of aldehydes is 1. The molecule has 0 aliphatic rings. The molecule has 0 radical (unpaired) electrons. The summed E-state index contributed by atoms with van der Waals surface area (Å²) in [6.45, 7) is 0. The van der Waals surface area contributed by atoms with Crippen molar-refractivity contribution >= 4 is 18.3 Å². The van der Waals surface area contributed by atoms with Crippen LogP contribution < -0.4 is 4.74 Å². The smallest absolute Gasteiger partial charge is 0.330 e. The minimum Gasteiger partial charge on any atom is -0.496 e. The molecule has 0 amide bonds. The highest BCUT2D eigenvalue weighted by molar-refractivity contribution is 5.87. The van der Waals surface area contributed by atoms with Crippen LogP contribution in [0.2, 0.25) is 0 Å². The van der Waals surface area contributed by atoms with Crippen LogP contribution in [0.4, 0.5) is 0 Å². The Balaban J connectivity index is 2.95. The first-order valence-corrected chi connectivity index (χ1v) is 4.60. The minimum absolute atomic E-state index is 0.432. The largest absolute Gasteiger partial charge is 0.496 e. The van der Waals surface area contributed by atoms with Gasteiger partial charge in [-0.2, -0.15) is 0 Å². The lowest BCUT2D eigenvalue weighted by atomic mass is 10.1. The molecule has 0 fully saturated rings. The van der Waals surface area contributed by atoms with Crippen LogP contribution in [0.3, 0.4) is 0 Å². The Morgan fingerprint density at radius 3 is 2.62 bits per heavy atom. The highest BCUT2D eigenvalue weighted by atomic mass is 16.5. The maximum atomic E-state index is 10.9. The van der Waals surface area contributed by atoms with Gasteiger partial charge in [-0.15, -0.1) is 0 Å². The molecule has 0 N–H and O–H groups in total. The Bertz CT molecular complexity index is 421. The van der Waals surface area contributed by atoms with Crippen molar-refractivity contribution in [2.45, 2.75) is 0 Å². The molecule has 0 unspecified atom stereocenters. The molecule has 84 valence electrons. The lowest BCUT2D eigenvalue weighted by molar-refractivity contribution is -0.134. The summed E-state index contributed by atoms with van der Waals surface area (Å²) in [6.07, 6.45) is 3.60. The molecule has 1 aromatic rings. The lowest BCUT2D eigenvalue weighted by Crippen LogP contribution is -1.94. The van der Waals surface area contributed by atoms with E-state index in [0.29, 0.717) is 17.6 Å². The van der Waals surface area contributed by atoms with Gasteiger partial charge in [0.1, 0.15) is 5.75 Å². The van der Waals surface area contributed by atoms with Crippen LogP contribution >= 0.6 is 0 Å². The fourth-order valence-corrected chi connectivity index (χ4v) is 1.16. The van der Waals surface area contributed by atoms with Crippen molar-refractivity contribution in [3.05, 3.63) is 35.4 Å². The van der Waals surface area contributed by atoms with E-state index in [1.165, 1.54) is 20.3 Å². The Hall–Kier alpha value is -2.10. The van der Waals surface area contributed by atoms with Gasteiger partial charge in [0.15, 0.2) is 6.29 Å². The van der Waals surface area contributed by atoms with E-state index in [9.17, 15) is 9.59 Å². The molecule has 1 rings (SSSR count). The molecule has 0 aliphatic heterocycles. The van der Waals surface area contributed by atoms with Crippen molar-refractivity contribution in [2.24, 2.45) is 0 Å². The molecule has 0 saturated heterocycles. The van der Waals surface area contributed by atoms with E-state index >= 15 is 0 Å². The van der Waals surface area contributed by atoms with Crippen molar-refractivity contribution in [3.63, 3.8) is 0 Å². The first-order chi connectivity index (χ1) is 7.71. The van der Waals surface area contributed by atoms with Crippen molar-refractivity contribution in [3.8, 4) is 5.75 Å². The second-order valence-electron chi connectivity index (χ2n) is 2.98. The SMILES string of the molecule is COC(=O)C=Cc1ccc(C=O)c(OC)c1. The number of methoxy groups -OCH3 is 2. The fourth-order valence-electron chi connectivity index (χ4n) is 1.16. The lowest BCUT2D eigenvalue weighted by Gasteiger charge is -2.03. The molecular formula is C12H12O4. The maximum absolute atomic E-state index is 10.9. The summed E-state index contributed by atoms with van der Waals surface area (Å²) in [7, 11) is 2.79. The maximum Gasteiger partial charge on any atom is 0.330 e. The van der Waals surface area contributed by atoms with Crippen molar-refractivity contribution in [2.75, 3.05) is 14.2 Å². The standard InChI is InChI=1S/C12H12O4/c1-15-11-7-9(3-5-10(11)8-13)4-6-12(14)16-2/h3-8H,1-2H3. The van der Waals surface area contributed by atoms with Crippen LogP contribution in [0, 0.1) is 0 Å². The Labute approximate surface area is 93.5 Å². The summed E-state index contributed by atoms with van der Waals surface area (Å²) in [5.41, 5.74) is 1.23. The number of hydrogen-bond acceptors (Lipinski definition) is 4. The highest BCUT2D eigenvalue weighted by Crippen LogP contribution is 2.19. The molecule has 0 saturated carbocycles. The number of rotatable bonds is 4. The summed E-state index contributed by atoms with van der Waals surface area (Å²) in [4.78, 5) is 21.5. The van der Waals surface area contributed by atoms with Gasteiger partial charge in [-0.25, -0.2) is 4.79 Å². The van der Waals surface area contributed by atoms with Crippen LogP contribution in [0.5, 0.6) is 5.75 Å². The van der Waals surface area contributed by atoms with Crippen LogP contribution in [-0.4, -0.2) is 26.5 Å². The summed E-state index contributed by atoms with van der Waals surface area (Å²) in [6, 6.07) is 5.01. The zero-order valence-electron chi connectivity index (χ0n) is 9.10. The van der Waals surface area contributed by atoms with Gasteiger partial charge in [0, 0.05) is 6.08 Å². The topological polar surface area (TPSA) is 52.6 Å². The van der Waals surface area contributed by atoms with Crippen molar-refractivity contribution in [1.29, 1.82) is 0 Å². The third-order valence-electron chi connectivity index (χ3n) is 2.00. The molecule has 0 bridgehead atoms. The molecule has 0 heterocycles. The summed E-state index contributed by atoms with van der Waals surface area (Å²) >= 11 is 0. The van der Waals surface area contributed by atoms with E-state index in [1.54, 1.807) is 24.3 Å². The third-order valence-corrected chi connectivity index (χ3v) is 2.00. The van der Waals surface area contributed by atoms with Gasteiger partial charge in [0.25, 0.3) is 0 Å². The summed E-state index contributed by atoms with van der Waals surface area (Å²) in [5, 5.41) is 0. The molecule has 4 nitrogen and oxygen atoms in total. The quantitative estimate of drug-likeness (QED) is 0.440. The van der Waals surface area contributed by atoms with E-state index < -0.39 is 5.97 Å². The molecule has 16 heavy (non-hydrogen) atoms. The monoisotopic (exact) mass is 220 g/mol. The van der Waals surface area contributed by atoms with Gasteiger partial charge >= 0.3 is 5.97 Å². The van der Waals surface area contributed by atoms with Gasteiger partial charge in [-0.1, -0.05) is 6.07 Å². The van der Waals surface area contributed by atoms with Gasteiger partial charge in [0.05, 0.1) is 19.8 Å². The normalized spacial score (nSPS) is 10.1. The Kier molecular flexibility index (Phi) is 4.27. The molecular weight excluding hydrogens is 208 g/mol. The van der Waals surface area contributed by atoms with Crippen LogP contribution in [0.1, 0.15) is 15.9 Å². The predicted molar refractivity (Wildman–Crippen MR) is 59.4 cm³/mol. The number of carbonyl (C=O) groups excluding carboxylic acids is 2. The molecule has 0 aliphatic carbocycles. The number of hydrogen-bond donors (Lipinski definition) is 0. The molecule has 0 aromatic heterocycles. The van der Waals surface area contributed by atoms with Gasteiger partial charge < -0.3 is 9.47 Å². The van der Waals surface area contributed by atoms with Crippen LogP contribution in [-0.2, 0) is 9.53 Å². The van der Waals surface area contributed by atoms with Crippen LogP contribution in [0.25, 0.3) is 6.08 Å². The Morgan fingerprint density at radius 1 is 1.31 bits per heavy atom. The van der Waals surface area contributed by atoms with Gasteiger partial charge in [-0.3, -0.25) is 4.79 Å². The average Bonchev–Trinajstić information content (AvgIpc) is 2.35. The molecule has 4 heteroatoms. The zero-order chi connectivity index (χ0) is 12.0. The van der Waals surface area contributed by atoms with Crippen molar-refractivity contribution < 1.29 is 19.1 Å². The molecule has 1 aromatic carbocycles. The predicted octanol–water partition coefficient (Wildman–Crippen LogP) is 1.69. The average molecular weight is 220 g/mol. The number of carbonyl (C=O) groups is 2. The minimum atomic E-state index is -0.432. The summed E-state index contributed by atoms with van der Waals surface area (Å²) < 4.78 is 9.49. The molecule has 0 spiro atoms. The third kappa shape index (κ3) is 2.95. The fraction of sp³-hybridized carbons (Fsp3) is 0.167.